The Morgan fingerprint density at radius 2 is 2.12 bits per heavy atom. The molecule has 1 N–H and O–H groups in total. The van der Waals surface area contributed by atoms with Crippen LogP contribution >= 0.6 is 11.6 Å². The van der Waals surface area contributed by atoms with E-state index >= 15 is 0 Å². The lowest BCUT2D eigenvalue weighted by Crippen LogP contribution is -2.06. The molecule has 0 amide bonds. The Hall–Kier alpha value is -1.33. The van der Waals surface area contributed by atoms with Crippen LogP contribution in [0.15, 0.2) is 40.8 Å². The third kappa shape index (κ3) is 3.08. The summed E-state index contributed by atoms with van der Waals surface area (Å²) in [5, 5.41) is 8.72. The molecule has 0 radical (unpaired) electrons. The van der Waals surface area contributed by atoms with Gasteiger partial charge in [-0.15, -0.1) is 0 Å². The molecular weight excluding hydrogens is 252 g/mol. The molecule has 0 unspecified atom stereocenters. The number of carbonyl (C=O) groups is 1. The van der Waals surface area contributed by atoms with Crippen LogP contribution in [0.5, 0.6) is 0 Å². The minimum Gasteiger partial charge on any atom is -0.478 e. The zero-order valence-corrected chi connectivity index (χ0v) is 9.70. The highest BCUT2D eigenvalue weighted by Crippen LogP contribution is 2.13. The largest absolute Gasteiger partial charge is 0.478 e. The maximum absolute atomic E-state index is 11.7. The van der Waals surface area contributed by atoms with Crippen molar-refractivity contribution in [2.75, 3.05) is 5.75 Å². The van der Waals surface area contributed by atoms with Gasteiger partial charge in [0.1, 0.15) is 0 Å². The standard InChI is InChI=1S/C10H9ClO4S/c11-5-2-6-16(14,15)9-4-1-3-8(7-9)10(12)13/h1-5,7H,6H2,(H,12,13)/b5-2+. The van der Waals surface area contributed by atoms with Gasteiger partial charge >= 0.3 is 5.97 Å². The third-order valence-corrected chi connectivity index (χ3v) is 3.63. The van der Waals surface area contributed by atoms with Crippen molar-refractivity contribution in [3.63, 3.8) is 0 Å². The van der Waals surface area contributed by atoms with Crippen LogP contribution in [0.4, 0.5) is 0 Å². The van der Waals surface area contributed by atoms with Gasteiger partial charge in [-0.05, 0) is 18.2 Å². The molecule has 0 aliphatic carbocycles. The summed E-state index contributed by atoms with van der Waals surface area (Å²) in [7, 11) is -3.51. The molecule has 0 saturated carbocycles. The summed E-state index contributed by atoms with van der Waals surface area (Å²) >= 11 is 5.24. The summed E-state index contributed by atoms with van der Waals surface area (Å²) < 4.78 is 23.3. The molecule has 0 heterocycles. The van der Waals surface area contributed by atoms with E-state index in [1.54, 1.807) is 0 Å². The fraction of sp³-hybridized carbons (Fsp3) is 0.100. The molecule has 0 aromatic heterocycles. The zero-order chi connectivity index (χ0) is 12.2. The molecular formula is C10H9ClO4S. The number of carboxylic acids is 1. The Kier molecular flexibility index (Phi) is 4.09. The van der Waals surface area contributed by atoms with E-state index in [-0.39, 0.29) is 16.2 Å². The molecule has 0 aliphatic heterocycles. The van der Waals surface area contributed by atoms with Gasteiger partial charge in [0.15, 0.2) is 9.84 Å². The first kappa shape index (κ1) is 12.7. The Balaban J connectivity index is 3.13. The molecule has 16 heavy (non-hydrogen) atoms. The molecule has 86 valence electrons. The topological polar surface area (TPSA) is 71.4 Å². The Labute approximate surface area is 98.1 Å². The number of aromatic carboxylic acids is 1. The predicted octanol–water partition coefficient (Wildman–Crippen LogP) is 1.91. The number of carboxylic acid groups (broad SMARTS) is 1. The number of halogens is 1. The van der Waals surface area contributed by atoms with E-state index < -0.39 is 15.8 Å². The SMILES string of the molecule is O=C(O)c1cccc(S(=O)(=O)C/C=C/Cl)c1. The number of rotatable bonds is 4. The summed E-state index contributed by atoms with van der Waals surface area (Å²) in [6.07, 6.45) is 1.28. The summed E-state index contributed by atoms with van der Waals surface area (Å²) in [6.45, 7) is 0. The molecule has 1 aromatic carbocycles. The van der Waals surface area contributed by atoms with Gasteiger partial charge < -0.3 is 5.11 Å². The molecule has 0 atom stereocenters. The number of hydrogen-bond acceptors (Lipinski definition) is 3. The minimum absolute atomic E-state index is 0.0258. The highest BCUT2D eigenvalue weighted by Gasteiger charge is 2.14. The number of benzene rings is 1. The fourth-order valence-corrected chi connectivity index (χ4v) is 2.41. The molecule has 0 fully saturated rings. The van der Waals surface area contributed by atoms with Crippen LogP contribution in [0.2, 0.25) is 0 Å². The van der Waals surface area contributed by atoms with E-state index in [0.29, 0.717) is 0 Å². The molecule has 6 heteroatoms. The van der Waals surface area contributed by atoms with Crippen molar-refractivity contribution in [2.45, 2.75) is 4.90 Å². The van der Waals surface area contributed by atoms with Crippen molar-refractivity contribution >= 4 is 27.4 Å². The van der Waals surface area contributed by atoms with Crippen LogP contribution in [0.25, 0.3) is 0 Å². The first-order chi connectivity index (χ1) is 7.47. The second-order valence-electron chi connectivity index (χ2n) is 2.98. The highest BCUT2D eigenvalue weighted by atomic mass is 35.5. The van der Waals surface area contributed by atoms with Gasteiger partial charge in [-0.3, -0.25) is 0 Å². The van der Waals surface area contributed by atoms with Crippen molar-refractivity contribution in [2.24, 2.45) is 0 Å². The van der Waals surface area contributed by atoms with E-state index in [1.807, 2.05) is 0 Å². The number of hydrogen-bond donors (Lipinski definition) is 1. The van der Waals surface area contributed by atoms with Crippen LogP contribution < -0.4 is 0 Å². The van der Waals surface area contributed by atoms with Crippen LogP contribution in [0.1, 0.15) is 10.4 Å². The summed E-state index contributed by atoms with van der Waals surface area (Å²) in [4.78, 5) is 10.6. The minimum atomic E-state index is -3.51. The summed E-state index contributed by atoms with van der Waals surface area (Å²) in [5.74, 6) is -1.41. The van der Waals surface area contributed by atoms with E-state index in [2.05, 4.69) is 0 Å². The third-order valence-electron chi connectivity index (χ3n) is 1.84. The predicted molar refractivity (Wildman–Crippen MR) is 60.4 cm³/mol. The first-order valence-electron chi connectivity index (χ1n) is 4.29. The Morgan fingerprint density at radius 1 is 1.44 bits per heavy atom. The summed E-state index contributed by atoms with van der Waals surface area (Å²) in [6, 6.07) is 5.20. The smallest absolute Gasteiger partial charge is 0.335 e. The normalized spacial score (nSPS) is 11.8. The molecule has 1 aromatic rings. The van der Waals surface area contributed by atoms with Crippen LogP contribution in [-0.4, -0.2) is 25.2 Å². The Morgan fingerprint density at radius 3 is 2.69 bits per heavy atom. The molecule has 1 rings (SSSR count). The van der Waals surface area contributed by atoms with Gasteiger partial charge in [-0.1, -0.05) is 23.7 Å². The van der Waals surface area contributed by atoms with Gasteiger partial charge in [-0.25, -0.2) is 13.2 Å². The Bertz CT molecular complexity index is 519. The summed E-state index contributed by atoms with van der Waals surface area (Å²) in [5.41, 5.74) is 1.05. The van der Waals surface area contributed by atoms with Gasteiger partial charge in [-0.2, -0.15) is 0 Å². The average Bonchev–Trinajstić information content (AvgIpc) is 2.26. The van der Waals surface area contributed by atoms with Gasteiger partial charge in [0, 0.05) is 5.54 Å². The molecule has 0 saturated heterocycles. The van der Waals surface area contributed by atoms with E-state index in [0.717, 1.165) is 11.6 Å². The van der Waals surface area contributed by atoms with Gasteiger partial charge in [0.05, 0.1) is 16.2 Å². The molecule has 0 bridgehead atoms. The molecule has 0 spiro atoms. The van der Waals surface area contributed by atoms with Crippen molar-refractivity contribution in [1.29, 1.82) is 0 Å². The van der Waals surface area contributed by atoms with E-state index in [9.17, 15) is 13.2 Å². The lowest BCUT2D eigenvalue weighted by molar-refractivity contribution is 0.0696. The first-order valence-corrected chi connectivity index (χ1v) is 6.37. The fourth-order valence-electron chi connectivity index (χ4n) is 1.08. The number of sulfone groups is 1. The van der Waals surface area contributed by atoms with Crippen molar-refractivity contribution in [3.05, 3.63) is 41.4 Å². The van der Waals surface area contributed by atoms with Gasteiger partial charge in [0.25, 0.3) is 0 Å². The highest BCUT2D eigenvalue weighted by molar-refractivity contribution is 7.91. The zero-order valence-electron chi connectivity index (χ0n) is 8.13. The van der Waals surface area contributed by atoms with Crippen molar-refractivity contribution in [1.82, 2.24) is 0 Å². The maximum Gasteiger partial charge on any atom is 0.335 e. The molecule has 4 nitrogen and oxygen atoms in total. The van der Waals surface area contributed by atoms with Crippen molar-refractivity contribution in [3.8, 4) is 0 Å². The van der Waals surface area contributed by atoms with E-state index in [4.69, 9.17) is 16.7 Å². The monoisotopic (exact) mass is 260 g/mol. The van der Waals surface area contributed by atoms with E-state index in [1.165, 1.54) is 24.3 Å². The van der Waals surface area contributed by atoms with Crippen LogP contribution in [0.3, 0.4) is 0 Å². The average molecular weight is 261 g/mol. The second kappa shape index (κ2) is 5.14. The van der Waals surface area contributed by atoms with Gasteiger partial charge in [0.2, 0.25) is 0 Å². The lowest BCUT2D eigenvalue weighted by atomic mass is 10.2. The van der Waals surface area contributed by atoms with Crippen LogP contribution in [0, 0.1) is 0 Å². The second-order valence-corrected chi connectivity index (χ2v) is 5.26. The molecule has 0 aliphatic rings. The van der Waals surface area contributed by atoms with Crippen molar-refractivity contribution < 1.29 is 18.3 Å². The quantitative estimate of drug-likeness (QED) is 0.898. The lowest BCUT2D eigenvalue weighted by Gasteiger charge is -2.02. The maximum atomic E-state index is 11.7. The van der Waals surface area contributed by atoms with Crippen LogP contribution in [-0.2, 0) is 9.84 Å².